The van der Waals surface area contributed by atoms with Crippen LogP contribution in [0.15, 0.2) is 0 Å². The van der Waals surface area contributed by atoms with E-state index in [1.807, 2.05) is 0 Å². The molecule has 1 atom stereocenters. The van der Waals surface area contributed by atoms with Gasteiger partial charge in [-0.2, -0.15) is 0 Å². The Hall–Kier alpha value is -1.39. The Kier molecular flexibility index (Phi) is 5.12. The standard InChI is InChI=1S/C12H19NO4/c1-3-17-12(16)7-6-11(15)13-8-4-5-10(13)9(2)14/h10H,3-8H2,1-2H3/t10-/m1/s1. The van der Waals surface area contributed by atoms with Gasteiger partial charge in [-0.15, -0.1) is 0 Å². The Balaban J connectivity index is 2.42. The maximum Gasteiger partial charge on any atom is 0.306 e. The molecule has 0 radical (unpaired) electrons. The van der Waals surface area contributed by atoms with Crippen molar-refractivity contribution in [2.24, 2.45) is 0 Å². The van der Waals surface area contributed by atoms with Crippen LogP contribution in [0.25, 0.3) is 0 Å². The lowest BCUT2D eigenvalue weighted by molar-refractivity contribution is -0.146. The lowest BCUT2D eigenvalue weighted by atomic mass is 10.1. The van der Waals surface area contributed by atoms with E-state index in [4.69, 9.17) is 4.74 Å². The summed E-state index contributed by atoms with van der Waals surface area (Å²) >= 11 is 0. The number of amides is 1. The third-order valence-electron chi connectivity index (χ3n) is 2.89. The molecule has 1 saturated heterocycles. The summed E-state index contributed by atoms with van der Waals surface area (Å²) in [7, 11) is 0. The van der Waals surface area contributed by atoms with Crippen LogP contribution in [0.2, 0.25) is 0 Å². The lowest BCUT2D eigenvalue weighted by Gasteiger charge is -2.22. The van der Waals surface area contributed by atoms with Crippen molar-refractivity contribution in [1.29, 1.82) is 0 Å². The molecule has 1 aliphatic heterocycles. The number of hydrogen-bond donors (Lipinski definition) is 0. The first-order valence-corrected chi connectivity index (χ1v) is 6.01. The van der Waals surface area contributed by atoms with Gasteiger partial charge in [-0.1, -0.05) is 0 Å². The fraction of sp³-hybridized carbons (Fsp3) is 0.750. The number of ether oxygens (including phenoxy) is 1. The molecule has 0 aromatic heterocycles. The molecule has 0 aromatic rings. The number of hydrogen-bond acceptors (Lipinski definition) is 4. The SMILES string of the molecule is CCOC(=O)CCC(=O)N1CCC[C@@H]1C(C)=O. The smallest absolute Gasteiger partial charge is 0.306 e. The maximum atomic E-state index is 11.8. The number of ketones is 1. The molecular weight excluding hydrogens is 222 g/mol. The quantitative estimate of drug-likeness (QED) is 0.671. The largest absolute Gasteiger partial charge is 0.466 e. The van der Waals surface area contributed by atoms with Gasteiger partial charge >= 0.3 is 5.97 Å². The van der Waals surface area contributed by atoms with Crippen molar-refractivity contribution in [3.8, 4) is 0 Å². The van der Waals surface area contributed by atoms with E-state index in [1.165, 1.54) is 6.92 Å². The second-order valence-corrected chi connectivity index (χ2v) is 4.16. The average molecular weight is 241 g/mol. The van der Waals surface area contributed by atoms with Gasteiger partial charge in [0.1, 0.15) is 0 Å². The first-order chi connectivity index (χ1) is 8.06. The highest BCUT2D eigenvalue weighted by atomic mass is 16.5. The molecule has 96 valence electrons. The van der Waals surface area contributed by atoms with E-state index in [1.54, 1.807) is 11.8 Å². The summed E-state index contributed by atoms with van der Waals surface area (Å²) < 4.78 is 4.75. The monoisotopic (exact) mass is 241 g/mol. The Labute approximate surface area is 101 Å². The second-order valence-electron chi connectivity index (χ2n) is 4.16. The number of rotatable bonds is 5. The molecule has 0 unspecified atom stereocenters. The Morgan fingerprint density at radius 3 is 2.59 bits per heavy atom. The van der Waals surface area contributed by atoms with Crippen LogP contribution < -0.4 is 0 Å². The fourth-order valence-electron chi connectivity index (χ4n) is 2.07. The van der Waals surface area contributed by atoms with Crippen LogP contribution in [-0.4, -0.2) is 41.8 Å². The van der Waals surface area contributed by atoms with Crippen LogP contribution in [0.1, 0.15) is 39.5 Å². The van der Waals surface area contributed by atoms with Crippen molar-refractivity contribution < 1.29 is 19.1 Å². The van der Waals surface area contributed by atoms with Crippen LogP contribution >= 0.6 is 0 Å². The minimum absolute atomic E-state index is 0.0204. The zero-order valence-electron chi connectivity index (χ0n) is 10.4. The van der Waals surface area contributed by atoms with Gasteiger partial charge in [-0.05, 0) is 26.7 Å². The molecule has 1 rings (SSSR count). The Morgan fingerprint density at radius 2 is 2.00 bits per heavy atom. The molecule has 1 aliphatic rings. The second kappa shape index (κ2) is 6.37. The highest BCUT2D eigenvalue weighted by molar-refractivity contribution is 5.89. The summed E-state index contributed by atoms with van der Waals surface area (Å²) in [5, 5.41) is 0. The van der Waals surface area contributed by atoms with Gasteiger partial charge in [-0.25, -0.2) is 0 Å². The van der Waals surface area contributed by atoms with Gasteiger partial charge in [0.15, 0.2) is 5.78 Å². The van der Waals surface area contributed by atoms with E-state index in [0.717, 1.165) is 12.8 Å². The summed E-state index contributed by atoms with van der Waals surface area (Å²) in [6, 6.07) is -0.287. The highest BCUT2D eigenvalue weighted by Crippen LogP contribution is 2.19. The molecule has 17 heavy (non-hydrogen) atoms. The number of nitrogens with zero attached hydrogens (tertiary/aromatic N) is 1. The molecule has 1 amide bonds. The van der Waals surface area contributed by atoms with E-state index < -0.39 is 0 Å². The van der Waals surface area contributed by atoms with Crippen molar-refractivity contribution in [2.75, 3.05) is 13.2 Å². The average Bonchev–Trinajstić information content (AvgIpc) is 2.75. The minimum atomic E-state index is -0.362. The predicted octanol–water partition coefficient (Wildman–Crippen LogP) is 0.910. The van der Waals surface area contributed by atoms with Crippen molar-refractivity contribution in [3.63, 3.8) is 0 Å². The van der Waals surface area contributed by atoms with E-state index in [2.05, 4.69) is 0 Å². The van der Waals surface area contributed by atoms with Gasteiger partial charge in [-0.3, -0.25) is 14.4 Å². The number of carbonyl (C=O) groups excluding carboxylic acids is 3. The molecule has 0 N–H and O–H groups in total. The van der Waals surface area contributed by atoms with Gasteiger partial charge in [0, 0.05) is 13.0 Å². The zero-order valence-corrected chi connectivity index (χ0v) is 10.4. The van der Waals surface area contributed by atoms with Crippen LogP contribution in [0.3, 0.4) is 0 Å². The van der Waals surface area contributed by atoms with E-state index in [0.29, 0.717) is 13.2 Å². The molecule has 0 spiro atoms. The maximum absolute atomic E-state index is 11.8. The van der Waals surface area contributed by atoms with Crippen LogP contribution in [0, 0.1) is 0 Å². The molecule has 5 nitrogen and oxygen atoms in total. The first kappa shape index (κ1) is 13.7. The van der Waals surface area contributed by atoms with Crippen LogP contribution in [-0.2, 0) is 19.1 Å². The third kappa shape index (κ3) is 3.84. The van der Waals surface area contributed by atoms with Gasteiger partial charge in [0.2, 0.25) is 5.91 Å². The molecule has 0 aliphatic carbocycles. The van der Waals surface area contributed by atoms with Crippen molar-refractivity contribution in [3.05, 3.63) is 0 Å². The van der Waals surface area contributed by atoms with E-state index in [-0.39, 0.29) is 36.5 Å². The molecule has 0 saturated carbocycles. The predicted molar refractivity (Wildman–Crippen MR) is 61.3 cm³/mol. The lowest BCUT2D eigenvalue weighted by Crippen LogP contribution is -2.39. The van der Waals surface area contributed by atoms with Crippen molar-refractivity contribution in [1.82, 2.24) is 4.90 Å². The minimum Gasteiger partial charge on any atom is -0.466 e. The Bertz CT molecular complexity index is 314. The first-order valence-electron chi connectivity index (χ1n) is 6.01. The normalized spacial score (nSPS) is 19.2. The zero-order chi connectivity index (χ0) is 12.8. The summed E-state index contributed by atoms with van der Waals surface area (Å²) in [4.78, 5) is 35.9. The van der Waals surface area contributed by atoms with Gasteiger partial charge < -0.3 is 9.64 Å². The highest BCUT2D eigenvalue weighted by Gasteiger charge is 2.31. The summed E-state index contributed by atoms with van der Waals surface area (Å²) in [5.41, 5.74) is 0. The van der Waals surface area contributed by atoms with Crippen LogP contribution in [0.4, 0.5) is 0 Å². The molecule has 1 heterocycles. The van der Waals surface area contributed by atoms with Gasteiger partial charge in [0.05, 0.1) is 19.1 Å². The molecular formula is C12H19NO4. The van der Waals surface area contributed by atoms with Gasteiger partial charge in [0.25, 0.3) is 0 Å². The Morgan fingerprint density at radius 1 is 1.29 bits per heavy atom. The number of carbonyl (C=O) groups is 3. The molecule has 1 fully saturated rings. The molecule has 5 heteroatoms. The van der Waals surface area contributed by atoms with E-state index in [9.17, 15) is 14.4 Å². The van der Waals surface area contributed by atoms with Crippen LogP contribution in [0.5, 0.6) is 0 Å². The topological polar surface area (TPSA) is 63.7 Å². The van der Waals surface area contributed by atoms with Crippen molar-refractivity contribution in [2.45, 2.75) is 45.6 Å². The summed E-state index contributed by atoms with van der Waals surface area (Å²) in [5.74, 6) is -0.470. The number of Topliss-reactive ketones (excluding diaryl/α,β-unsaturated/α-hetero) is 1. The fourth-order valence-corrected chi connectivity index (χ4v) is 2.07. The van der Waals surface area contributed by atoms with E-state index >= 15 is 0 Å². The summed E-state index contributed by atoms with van der Waals surface area (Å²) in [6.07, 6.45) is 1.81. The number of likely N-dealkylation sites (tertiary alicyclic amines) is 1. The molecule has 0 aromatic carbocycles. The number of esters is 1. The third-order valence-corrected chi connectivity index (χ3v) is 2.89. The van der Waals surface area contributed by atoms with Crippen molar-refractivity contribution >= 4 is 17.7 Å². The summed E-state index contributed by atoms with van der Waals surface area (Å²) in [6.45, 7) is 4.17. The molecule has 0 bridgehead atoms.